The van der Waals surface area contributed by atoms with Gasteiger partial charge in [-0.05, 0) is 30.7 Å². The van der Waals surface area contributed by atoms with Gasteiger partial charge in [0.1, 0.15) is 5.75 Å². The van der Waals surface area contributed by atoms with Crippen molar-refractivity contribution in [2.75, 3.05) is 5.73 Å². The van der Waals surface area contributed by atoms with Gasteiger partial charge in [0.15, 0.2) is 5.69 Å². The maximum atomic E-state index is 11.3. The number of ether oxygens (including phenoxy) is 1. The molecule has 0 unspecified atom stereocenters. The number of nitrogens with two attached hydrogens (primary N) is 1. The van der Waals surface area contributed by atoms with Crippen molar-refractivity contribution in [2.24, 2.45) is 0 Å². The lowest BCUT2D eigenvalue weighted by molar-refractivity contribution is 0.0697. The molecule has 98 valence electrons. The molecule has 0 fully saturated rings. The van der Waals surface area contributed by atoms with E-state index in [9.17, 15) is 9.59 Å². The van der Waals surface area contributed by atoms with Crippen molar-refractivity contribution in [3.63, 3.8) is 0 Å². The average molecular weight is 261 g/mol. The van der Waals surface area contributed by atoms with E-state index in [1.807, 2.05) is 0 Å². The van der Waals surface area contributed by atoms with Crippen LogP contribution in [0.3, 0.4) is 0 Å². The van der Waals surface area contributed by atoms with Gasteiger partial charge in [0.2, 0.25) is 5.88 Å². The number of carboxylic acid groups (broad SMARTS) is 1. The second kappa shape index (κ2) is 4.81. The molecule has 19 heavy (non-hydrogen) atoms. The lowest BCUT2D eigenvalue weighted by Gasteiger charge is -2.09. The Kier molecular flexibility index (Phi) is 3.19. The zero-order valence-corrected chi connectivity index (χ0v) is 10.0. The molecule has 7 heteroatoms. The topological polar surface area (TPSA) is 118 Å². The highest BCUT2D eigenvalue weighted by atomic mass is 16.5. The first-order valence-corrected chi connectivity index (χ1v) is 5.34. The smallest absolute Gasteiger partial charge is 0.335 e. The van der Waals surface area contributed by atoms with Gasteiger partial charge in [-0.1, -0.05) is 0 Å². The minimum Gasteiger partial charge on any atom is -0.478 e. The number of hydrogen-bond donors (Lipinski definition) is 3. The summed E-state index contributed by atoms with van der Waals surface area (Å²) in [5.41, 5.74) is 5.65. The molecule has 0 radical (unpaired) electrons. The molecule has 2 rings (SSSR count). The number of benzene rings is 1. The number of hydrogen-bond acceptors (Lipinski definition) is 5. The number of aryl methyl sites for hydroxylation is 1. The lowest BCUT2D eigenvalue weighted by atomic mass is 10.1. The first-order chi connectivity index (χ1) is 8.99. The Balaban J connectivity index is 2.36. The molecule has 1 aromatic heterocycles. The van der Waals surface area contributed by atoms with Crippen LogP contribution in [-0.4, -0.2) is 21.0 Å². The van der Waals surface area contributed by atoms with Crippen molar-refractivity contribution < 1.29 is 14.6 Å². The summed E-state index contributed by atoms with van der Waals surface area (Å²) in [6.07, 6.45) is 1.18. The molecule has 7 nitrogen and oxygen atoms in total. The van der Waals surface area contributed by atoms with E-state index in [-0.39, 0.29) is 17.1 Å². The van der Waals surface area contributed by atoms with E-state index in [1.165, 1.54) is 24.5 Å². The average Bonchev–Trinajstić information content (AvgIpc) is 2.37. The lowest BCUT2D eigenvalue weighted by Crippen LogP contribution is -2.13. The highest BCUT2D eigenvalue weighted by Crippen LogP contribution is 2.26. The van der Waals surface area contributed by atoms with Crippen LogP contribution in [0.2, 0.25) is 0 Å². The van der Waals surface area contributed by atoms with E-state index in [2.05, 4.69) is 9.97 Å². The van der Waals surface area contributed by atoms with Crippen molar-refractivity contribution in [1.29, 1.82) is 0 Å². The number of nitrogens with zero attached hydrogens (tertiary/aromatic N) is 1. The Morgan fingerprint density at radius 2 is 2.21 bits per heavy atom. The molecule has 0 spiro atoms. The maximum Gasteiger partial charge on any atom is 0.335 e. The van der Waals surface area contributed by atoms with Crippen LogP contribution in [0, 0.1) is 6.92 Å². The zero-order valence-electron chi connectivity index (χ0n) is 10.0. The first kappa shape index (κ1) is 12.6. The zero-order chi connectivity index (χ0) is 14.0. The molecule has 0 aliphatic rings. The summed E-state index contributed by atoms with van der Waals surface area (Å²) in [6.45, 7) is 1.69. The number of carbonyl (C=O) groups is 1. The highest BCUT2D eigenvalue weighted by molar-refractivity contribution is 5.88. The van der Waals surface area contributed by atoms with E-state index < -0.39 is 11.5 Å². The SMILES string of the molecule is Cc1cc(C(=O)O)ccc1Oc1nc[nH]c(=O)c1N. The van der Waals surface area contributed by atoms with Crippen molar-refractivity contribution >= 4 is 11.7 Å². The number of rotatable bonds is 3. The number of nitrogen functional groups attached to an aromatic ring is 1. The molecule has 4 N–H and O–H groups in total. The number of nitrogens with one attached hydrogen (secondary N) is 1. The summed E-state index contributed by atoms with van der Waals surface area (Å²) in [7, 11) is 0. The number of aromatic amines is 1. The van der Waals surface area contributed by atoms with Gasteiger partial charge in [0, 0.05) is 0 Å². The van der Waals surface area contributed by atoms with Crippen molar-refractivity contribution in [1.82, 2.24) is 9.97 Å². The third-order valence-electron chi connectivity index (χ3n) is 2.48. The third kappa shape index (κ3) is 2.54. The number of aromatic carboxylic acids is 1. The second-order valence-corrected chi connectivity index (χ2v) is 3.84. The summed E-state index contributed by atoms with van der Waals surface area (Å²) < 4.78 is 5.41. The fourth-order valence-electron chi connectivity index (χ4n) is 1.48. The van der Waals surface area contributed by atoms with Crippen molar-refractivity contribution in [2.45, 2.75) is 6.92 Å². The minimum atomic E-state index is -1.02. The normalized spacial score (nSPS) is 10.2. The van der Waals surface area contributed by atoms with Crippen LogP contribution < -0.4 is 16.0 Å². The first-order valence-electron chi connectivity index (χ1n) is 5.34. The van der Waals surface area contributed by atoms with Crippen LogP contribution >= 0.6 is 0 Å². The fraction of sp³-hybridized carbons (Fsp3) is 0.0833. The summed E-state index contributed by atoms with van der Waals surface area (Å²) in [6, 6.07) is 4.34. The van der Waals surface area contributed by atoms with E-state index in [1.54, 1.807) is 6.92 Å². The molecule has 1 aromatic carbocycles. The fourth-order valence-corrected chi connectivity index (χ4v) is 1.48. The summed E-state index contributed by atoms with van der Waals surface area (Å²) >= 11 is 0. The molecular formula is C12H11N3O4. The molecule has 0 aliphatic carbocycles. The number of carboxylic acids is 1. The monoisotopic (exact) mass is 261 g/mol. The molecule has 0 amide bonds. The second-order valence-electron chi connectivity index (χ2n) is 3.84. The van der Waals surface area contributed by atoms with Gasteiger partial charge in [-0.3, -0.25) is 4.79 Å². The van der Waals surface area contributed by atoms with Gasteiger partial charge in [0.05, 0.1) is 11.9 Å². The van der Waals surface area contributed by atoms with Gasteiger partial charge in [-0.2, -0.15) is 0 Å². The molecule has 0 saturated carbocycles. The standard InChI is InChI=1S/C12H11N3O4/c1-6-4-7(12(17)18)2-3-8(6)19-11-9(13)10(16)14-5-15-11/h2-5H,13H2,1H3,(H,17,18)(H,14,15,16). The van der Waals surface area contributed by atoms with Crippen LogP contribution in [-0.2, 0) is 0 Å². The maximum absolute atomic E-state index is 11.3. The Morgan fingerprint density at radius 3 is 2.84 bits per heavy atom. The Bertz CT molecular complexity index is 694. The van der Waals surface area contributed by atoms with Crippen LogP contribution in [0.25, 0.3) is 0 Å². The van der Waals surface area contributed by atoms with E-state index in [0.29, 0.717) is 11.3 Å². The van der Waals surface area contributed by atoms with Crippen molar-refractivity contribution in [3.8, 4) is 11.6 Å². The summed E-state index contributed by atoms with van der Waals surface area (Å²) in [4.78, 5) is 28.2. The van der Waals surface area contributed by atoms with E-state index in [0.717, 1.165) is 0 Å². The van der Waals surface area contributed by atoms with Crippen LogP contribution in [0.15, 0.2) is 29.3 Å². The predicted molar refractivity (Wildman–Crippen MR) is 67.5 cm³/mol. The molecule has 0 atom stereocenters. The van der Waals surface area contributed by atoms with Gasteiger partial charge < -0.3 is 20.6 Å². The van der Waals surface area contributed by atoms with E-state index in [4.69, 9.17) is 15.6 Å². The highest BCUT2D eigenvalue weighted by Gasteiger charge is 2.11. The van der Waals surface area contributed by atoms with Crippen LogP contribution in [0.5, 0.6) is 11.6 Å². The Morgan fingerprint density at radius 1 is 1.47 bits per heavy atom. The third-order valence-corrected chi connectivity index (χ3v) is 2.48. The van der Waals surface area contributed by atoms with Crippen molar-refractivity contribution in [3.05, 3.63) is 46.0 Å². The summed E-state index contributed by atoms with van der Waals surface area (Å²) in [5, 5.41) is 8.85. The van der Waals surface area contributed by atoms with Crippen LogP contribution in [0.1, 0.15) is 15.9 Å². The number of anilines is 1. The minimum absolute atomic E-state index is 0.0186. The van der Waals surface area contributed by atoms with Gasteiger partial charge in [-0.15, -0.1) is 0 Å². The van der Waals surface area contributed by atoms with Gasteiger partial charge >= 0.3 is 5.97 Å². The molecule has 0 bridgehead atoms. The quantitative estimate of drug-likeness (QED) is 0.762. The summed E-state index contributed by atoms with van der Waals surface area (Å²) in [5.74, 6) is -0.659. The van der Waals surface area contributed by atoms with Crippen LogP contribution in [0.4, 0.5) is 5.69 Å². The molecule has 1 heterocycles. The molecule has 2 aromatic rings. The Labute approximate surface area is 107 Å². The largest absolute Gasteiger partial charge is 0.478 e. The molecule has 0 saturated heterocycles. The number of aromatic nitrogens is 2. The van der Waals surface area contributed by atoms with Gasteiger partial charge in [0.25, 0.3) is 5.56 Å². The predicted octanol–water partition coefficient (Wildman–Crippen LogP) is 1.15. The van der Waals surface area contributed by atoms with Gasteiger partial charge in [-0.25, -0.2) is 9.78 Å². The Hall–Kier alpha value is -2.83. The molecular weight excluding hydrogens is 250 g/mol. The van der Waals surface area contributed by atoms with E-state index >= 15 is 0 Å². The number of H-pyrrole nitrogens is 1. The molecule has 0 aliphatic heterocycles.